The Morgan fingerprint density at radius 2 is 1.71 bits per heavy atom. The highest BCUT2D eigenvalue weighted by molar-refractivity contribution is 7.92. The fourth-order valence-corrected chi connectivity index (χ4v) is 4.11. The summed E-state index contributed by atoms with van der Waals surface area (Å²) in [4.78, 5) is 12.4. The molecule has 0 saturated carbocycles. The Bertz CT molecular complexity index is 1130. The number of rotatable bonds is 6. The molecule has 146 valence electrons. The van der Waals surface area contributed by atoms with E-state index in [9.17, 15) is 13.2 Å². The van der Waals surface area contributed by atoms with Gasteiger partial charge in [0, 0.05) is 6.54 Å². The minimum atomic E-state index is -3.73. The molecule has 0 atom stereocenters. The summed E-state index contributed by atoms with van der Waals surface area (Å²) in [6.07, 6.45) is 1.01. The van der Waals surface area contributed by atoms with E-state index in [0.717, 1.165) is 26.9 Å². The molecule has 0 bridgehead atoms. The lowest BCUT2D eigenvalue weighted by atomic mass is 10.1. The molecule has 0 heterocycles. The van der Waals surface area contributed by atoms with Gasteiger partial charge in [-0.2, -0.15) is 0 Å². The number of amides is 1. The summed E-state index contributed by atoms with van der Waals surface area (Å²) in [5.41, 5.74) is 1.08. The van der Waals surface area contributed by atoms with Crippen molar-refractivity contribution < 1.29 is 13.2 Å². The zero-order valence-corrected chi connectivity index (χ0v) is 17.4. The molecule has 0 aliphatic rings. The zero-order chi connectivity index (χ0) is 20.3. The van der Waals surface area contributed by atoms with Crippen LogP contribution in [0.1, 0.15) is 5.56 Å². The molecular weight excluding hydrogens is 419 g/mol. The Hall–Kier alpha value is -2.28. The Kier molecular flexibility index (Phi) is 6.13. The number of benzene rings is 3. The van der Waals surface area contributed by atoms with E-state index in [1.807, 2.05) is 42.5 Å². The van der Waals surface area contributed by atoms with Crippen LogP contribution in [0.25, 0.3) is 10.8 Å². The summed E-state index contributed by atoms with van der Waals surface area (Å²) in [7, 11) is -3.73. The molecule has 5 nitrogen and oxygen atoms in total. The van der Waals surface area contributed by atoms with Gasteiger partial charge in [0.1, 0.15) is 6.54 Å². The van der Waals surface area contributed by atoms with Crippen molar-refractivity contribution >= 4 is 55.6 Å². The van der Waals surface area contributed by atoms with Gasteiger partial charge in [0.25, 0.3) is 0 Å². The summed E-state index contributed by atoms with van der Waals surface area (Å²) >= 11 is 12.1. The molecule has 1 amide bonds. The number of nitrogens with one attached hydrogen (secondary N) is 1. The summed E-state index contributed by atoms with van der Waals surface area (Å²) in [6.45, 7) is -0.114. The van der Waals surface area contributed by atoms with E-state index in [4.69, 9.17) is 23.2 Å². The van der Waals surface area contributed by atoms with Crippen molar-refractivity contribution in [2.75, 3.05) is 17.1 Å². The normalized spacial score (nSPS) is 11.4. The predicted molar refractivity (Wildman–Crippen MR) is 114 cm³/mol. The van der Waals surface area contributed by atoms with Crippen molar-refractivity contribution in [2.45, 2.75) is 6.54 Å². The monoisotopic (exact) mass is 436 g/mol. The van der Waals surface area contributed by atoms with Crippen LogP contribution in [0, 0.1) is 0 Å². The van der Waals surface area contributed by atoms with Crippen LogP contribution in [0.2, 0.25) is 10.0 Å². The maximum atomic E-state index is 12.4. The number of nitrogens with zero attached hydrogens (tertiary/aromatic N) is 1. The Labute approximate surface area is 173 Å². The second-order valence-corrected chi connectivity index (χ2v) is 8.99. The van der Waals surface area contributed by atoms with Gasteiger partial charge >= 0.3 is 0 Å². The highest BCUT2D eigenvalue weighted by atomic mass is 35.5. The van der Waals surface area contributed by atoms with Gasteiger partial charge in [0.2, 0.25) is 15.9 Å². The Morgan fingerprint density at radius 1 is 1.00 bits per heavy atom. The maximum Gasteiger partial charge on any atom is 0.241 e. The SMILES string of the molecule is CS(=O)(=O)N(CC(=O)NCc1ccc2ccccc2c1)c1cccc(Cl)c1Cl. The van der Waals surface area contributed by atoms with E-state index in [1.54, 1.807) is 12.1 Å². The topological polar surface area (TPSA) is 66.5 Å². The van der Waals surface area contributed by atoms with Crippen molar-refractivity contribution in [3.05, 3.63) is 76.3 Å². The predicted octanol–water partition coefficient (Wildman–Crippen LogP) is 4.23. The van der Waals surface area contributed by atoms with Gasteiger partial charge in [-0.25, -0.2) is 8.42 Å². The van der Waals surface area contributed by atoms with E-state index in [1.165, 1.54) is 6.07 Å². The Morgan fingerprint density at radius 3 is 2.43 bits per heavy atom. The minimum Gasteiger partial charge on any atom is -0.350 e. The molecule has 3 rings (SSSR count). The highest BCUT2D eigenvalue weighted by Crippen LogP contribution is 2.33. The largest absolute Gasteiger partial charge is 0.350 e. The van der Waals surface area contributed by atoms with E-state index in [-0.39, 0.29) is 22.3 Å². The second-order valence-electron chi connectivity index (χ2n) is 6.30. The lowest BCUT2D eigenvalue weighted by molar-refractivity contribution is -0.119. The number of halogens is 2. The average molecular weight is 437 g/mol. The first kappa shape index (κ1) is 20.5. The van der Waals surface area contributed by atoms with Gasteiger partial charge in [-0.05, 0) is 34.5 Å². The summed E-state index contributed by atoms with van der Waals surface area (Å²) in [5.74, 6) is -0.449. The van der Waals surface area contributed by atoms with Crippen LogP contribution in [0.3, 0.4) is 0 Å². The first-order chi connectivity index (χ1) is 13.3. The standard InChI is InChI=1S/C20H18Cl2N2O3S/c1-28(26,27)24(18-8-4-7-17(21)20(18)22)13-19(25)23-12-14-9-10-15-5-2-3-6-16(15)11-14/h2-11H,12-13H2,1H3,(H,23,25). The highest BCUT2D eigenvalue weighted by Gasteiger charge is 2.23. The molecule has 0 aromatic heterocycles. The number of carbonyl (C=O) groups excluding carboxylic acids is 1. The molecule has 28 heavy (non-hydrogen) atoms. The number of hydrogen-bond acceptors (Lipinski definition) is 3. The summed E-state index contributed by atoms with van der Waals surface area (Å²) in [5, 5.41) is 5.22. The minimum absolute atomic E-state index is 0.0805. The first-order valence-electron chi connectivity index (χ1n) is 8.42. The number of sulfonamides is 1. The van der Waals surface area contributed by atoms with Crippen LogP contribution in [0.15, 0.2) is 60.7 Å². The van der Waals surface area contributed by atoms with Crippen LogP contribution in [-0.4, -0.2) is 27.1 Å². The fourth-order valence-electron chi connectivity index (χ4n) is 2.80. The lowest BCUT2D eigenvalue weighted by Crippen LogP contribution is -2.40. The van der Waals surface area contributed by atoms with Gasteiger partial charge < -0.3 is 5.32 Å². The molecule has 0 spiro atoms. The molecule has 0 saturated heterocycles. The van der Waals surface area contributed by atoms with E-state index in [0.29, 0.717) is 0 Å². The molecule has 1 N–H and O–H groups in total. The van der Waals surface area contributed by atoms with Crippen molar-refractivity contribution in [2.24, 2.45) is 0 Å². The molecule has 0 aliphatic heterocycles. The molecule has 0 aliphatic carbocycles. The van der Waals surface area contributed by atoms with Gasteiger partial charge in [-0.1, -0.05) is 65.7 Å². The van der Waals surface area contributed by atoms with Crippen molar-refractivity contribution in [1.29, 1.82) is 0 Å². The van der Waals surface area contributed by atoms with Crippen LogP contribution < -0.4 is 9.62 Å². The summed E-state index contributed by atoms with van der Waals surface area (Å²) in [6, 6.07) is 18.4. The number of hydrogen-bond donors (Lipinski definition) is 1. The first-order valence-corrected chi connectivity index (χ1v) is 11.0. The van der Waals surface area contributed by atoms with Crippen molar-refractivity contribution in [1.82, 2.24) is 5.32 Å². The molecule has 3 aromatic carbocycles. The molecular formula is C20H18Cl2N2O3S. The molecule has 0 unspecified atom stereocenters. The van der Waals surface area contributed by atoms with Gasteiger partial charge in [0.05, 0.1) is 22.0 Å². The quantitative estimate of drug-likeness (QED) is 0.628. The van der Waals surface area contributed by atoms with Gasteiger partial charge in [-0.3, -0.25) is 9.10 Å². The van der Waals surface area contributed by atoms with Gasteiger partial charge in [-0.15, -0.1) is 0 Å². The molecule has 3 aromatic rings. The maximum absolute atomic E-state index is 12.4. The fraction of sp³-hybridized carbons (Fsp3) is 0.150. The Balaban J connectivity index is 1.74. The third kappa shape index (κ3) is 4.76. The van der Waals surface area contributed by atoms with Crippen molar-refractivity contribution in [3.8, 4) is 0 Å². The van der Waals surface area contributed by atoms with Crippen LogP contribution in [0.5, 0.6) is 0 Å². The third-order valence-electron chi connectivity index (χ3n) is 4.19. The number of carbonyl (C=O) groups is 1. The van der Waals surface area contributed by atoms with Crippen LogP contribution in [-0.2, 0) is 21.4 Å². The van der Waals surface area contributed by atoms with Crippen LogP contribution >= 0.6 is 23.2 Å². The lowest BCUT2D eigenvalue weighted by Gasteiger charge is -2.23. The van der Waals surface area contributed by atoms with Crippen molar-refractivity contribution in [3.63, 3.8) is 0 Å². The van der Waals surface area contributed by atoms with Gasteiger partial charge in [0.15, 0.2) is 0 Å². The molecule has 0 radical (unpaired) electrons. The smallest absolute Gasteiger partial charge is 0.241 e. The van der Waals surface area contributed by atoms with Crippen LogP contribution in [0.4, 0.5) is 5.69 Å². The molecule has 8 heteroatoms. The second kappa shape index (κ2) is 8.39. The average Bonchev–Trinajstić information content (AvgIpc) is 2.66. The summed E-state index contributed by atoms with van der Waals surface area (Å²) < 4.78 is 25.3. The number of anilines is 1. The third-order valence-corrected chi connectivity index (χ3v) is 6.13. The van der Waals surface area contributed by atoms with E-state index < -0.39 is 22.5 Å². The zero-order valence-electron chi connectivity index (χ0n) is 15.0. The molecule has 0 fully saturated rings. The number of fused-ring (bicyclic) bond motifs is 1. The van der Waals surface area contributed by atoms with E-state index >= 15 is 0 Å². The van der Waals surface area contributed by atoms with E-state index in [2.05, 4.69) is 5.32 Å².